The smallest absolute Gasteiger partial charge is 0.255 e. The minimum Gasteiger partial charge on any atom is -0.438 e. The SMILES string of the molecule is CC(C)(C)c1ncc(C(N)=O)c(Oc2cccc(C3(/C=C/S(C)(=O)=O)CC3)c2)n1. The quantitative estimate of drug-likeness (QED) is 0.775. The van der Waals surface area contributed by atoms with Crippen LogP contribution in [0.25, 0.3) is 0 Å². The second kappa shape index (κ2) is 7.26. The third-order valence-corrected chi connectivity index (χ3v) is 5.37. The number of ether oxygens (including phenoxy) is 1. The van der Waals surface area contributed by atoms with Crippen molar-refractivity contribution in [2.24, 2.45) is 5.73 Å². The minimum atomic E-state index is -3.20. The number of carbonyl (C=O) groups excluding carboxylic acids is 1. The number of hydrogen-bond acceptors (Lipinski definition) is 6. The maximum Gasteiger partial charge on any atom is 0.255 e. The van der Waals surface area contributed by atoms with Gasteiger partial charge in [-0.2, -0.15) is 4.98 Å². The molecule has 2 aromatic rings. The molecule has 0 radical (unpaired) electrons. The Bertz CT molecular complexity index is 1080. The predicted molar refractivity (Wildman–Crippen MR) is 111 cm³/mol. The average molecular weight is 416 g/mol. The first-order valence-corrected chi connectivity index (χ1v) is 11.2. The number of primary amides is 1. The summed E-state index contributed by atoms with van der Waals surface area (Å²) < 4.78 is 28.9. The van der Waals surface area contributed by atoms with E-state index in [1.165, 1.54) is 17.9 Å². The van der Waals surface area contributed by atoms with Crippen LogP contribution in [0.3, 0.4) is 0 Å². The van der Waals surface area contributed by atoms with Gasteiger partial charge in [0.15, 0.2) is 9.84 Å². The molecule has 1 saturated carbocycles. The molecule has 2 N–H and O–H groups in total. The first kappa shape index (κ1) is 21.0. The van der Waals surface area contributed by atoms with Crippen molar-refractivity contribution in [3.63, 3.8) is 0 Å². The fraction of sp³-hybridized carbons (Fsp3) is 0.381. The molecule has 0 atom stereocenters. The van der Waals surface area contributed by atoms with Gasteiger partial charge < -0.3 is 10.5 Å². The highest BCUT2D eigenvalue weighted by Crippen LogP contribution is 2.50. The van der Waals surface area contributed by atoms with E-state index >= 15 is 0 Å². The Balaban J connectivity index is 1.95. The van der Waals surface area contributed by atoms with Crippen molar-refractivity contribution < 1.29 is 17.9 Å². The van der Waals surface area contributed by atoms with Crippen molar-refractivity contribution in [1.82, 2.24) is 9.97 Å². The van der Waals surface area contributed by atoms with Gasteiger partial charge in [-0.05, 0) is 30.5 Å². The number of rotatable bonds is 6. The Kier molecular flexibility index (Phi) is 5.25. The van der Waals surface area contributed by atoms with Crippen LogP contribution in [0, 0.1) is 0 Å². The predicted octanol–water partition coefficient (Wildman–Crippen LogP) is 3.26. The van der Waals surface area contributed by atoms with Crippen LogP contribution in [0.2, 0.25) is 0 Å². The summed E-state index contributed by atoms with van der Waals surface area (Å²) >= 11 is 0. The second-order valence-corrected chi connectivity index (χ2v) is 10.4. The van der Waals surface area contributed by atoms with Crippen LogP contribution >= 0.6 is 0 Å². The van der Waals surface area contributed by atoms with E-state index in [9.17, 15) is 13.2 Å². The molecule has 0 unspecified atom stereocenters. The van der Waals surface area contributed by atoms with Crippen LogP contribution in [-0.2, 0) is 20.7 Å². The van der Waals surface area contributed by atoms with E-state index < -0.39 is 15.7 Å². The third-order valence-electron chi connectivity index (χ3n) is 4.74. The van der Waals surface area contributed by atoms with Crippen molar-refractivity contribution in [2.75, 3.05) is 6.26 Å². The van der Waals surface area contributed by atoms with Gasteiger partial charge in [0, 0.05) is 28.7 Å². The zero-order valence-corrected chi connectivity index (χ0v) is 17.8. The van der Waals surface area contributed by atoms with Crippen molar-refractivity contribution in [1.29, 1.82) is 0 Å². The van der Waals surface area contributed by atoms with Crippen LogP contribution in [0.4, 0.5) is 0 Å². The van der Waals surface area contributed by atoms with Crippen molar-refractivity contribution in [3.05, 3.63) is 58.9 Å². The number of allylic oxidation sites excluding steroid dienone is 1. The fourth-order valence-corrected chi connectivity index (χ4v) is 3.40. The summed E-state index contributed by atoms with van der Waals surface area (Å²) in [6.07, 6.45) is 6.00. The van der Waals surface area contributed by atoms with Crippen molar-refractivity contribution >= 4 is 15.7 Å². The van der Waals surface area contributed by atoms with Gasteiger partial charge in [-0.3, -0.25) is 4.79 Å². The highest BCUT2D eigenvalue weighted by atomic mass is 32.2. The number of sulfone groups is 1. The topological polar surface area (TPSA) is 112 Å². The third kappa shape index (κ3) is 5.00. The van der Waals surface area contributed by atoms with Crippen LogP contribution < -0.4 is 10.5 Å². The number of benzene rings is 1. The number of nitrogens with two attached hydrogens (primary N) is 1. The minimum absolute atomic E-state index is 0.0986. The van der Waals surface area contributed by atoms with Gasteiger partial charge in [-0.1, -0.05) is 39.0 Å². The zero-order valence-electron chi connectivity index (χ0n) is 17.0. The molecule has 154 valence electrons. The summed E-state index contributed by atoms with van der Waals surface area (Å²) in [5.41, 5.74) is 5.86. The molecular formula is C21H25N3O4S. The first-order chi connectivity index (χ1) is 13.4. The molecule has 8 heteroatoms. The summed E-state index contributed by atoms with van der Waals surface area (Å²) in [6.45, 7) is 5.88. The maximum atomic E-state index is 11.8. The standard InChI is InChI=1S/C21H25N3O4S/c1-20(2,3)19-23-13-16(17(22)25)18(24-19)28-15-7-5-6-14(12-15)21(8-9-21)10-11-29(4,26)27/h5-7,10-13H,8-9H2,1-4H3,(H2,22,25)/b11-10+. The van der Waals surface area contributed by atoms with Gasteiger partial charge in [-0.25, -0.2) is 13.4 Å². The lowest BCUT2D eigenvalue weighted by atomic mass is 9.95. The zero-order chi connectivity index (χ0) is 21.4. The molecule has 29 heavy (non-hydrogen) atoms. The van der Waals surface area contributed by atoms with E-state index in [4.69, 9.17) is 10.5 Å². The Morgan fingerprint density at radius 2 is 1.97 bits per heavy atom. The molecular weight excluding hydrogens is 390 g/mol. The lowest BCUT2D eigenvalue weighted by Gasteiger charge is -2.18. The van der Waals surface area contributed by atoms with E-state index in [-0.39, 0.29) is 22.3 Å². The van der Waals surface area contributed by atoms with Crippen LogP contribution in [0.15, 0.2) is 41.9 Å². The number of carbonyl (C=O) groups is 1. The molecule has 1 heterocycles. The molecule has 3 rings (SSSR count). The molecule has 1 fully saturated rings. The van der Waals surface area contributed by atoms with Gasteiger partial charge in [-0.15, -0.1) is 0 Å². The Labute approximate surface area is 170 Å². The number of nitrogens with zero attached hydrogens (tertiary/aromatic N) is 2. The number of aromatic nitrogens is 2. The summed E-state index contributed by atoms with van der Waals surface area (Å²) in [7, 11) is -3.20. The van der Waals surface area contributed by atoms with Crippen LogP contribution in [-0.4, -0.2) is 30.5 Å². The molecule has 0 aliphatic heterocycles. The monoisotopic (exact) mass is 415 g/mol. The highest BCUT2D eigenvalue weighted by molar-refractivity contribution is 7.93. The summed E-state index contributed by atoms with van der Waals surface area (Å²) in [6, 6.07) is 7.35. The molecule has 1 amide bonds. The molecule has 1 aliphatic rings. The Hall–Kier alpha value is -2.74. The second-order valence-electron chi connectivity index (χ2n) is 8.44. The van der Waals surface area contributed by atoms with Crippen LogP contribution in [0.1, 0.15) is 55.4 Å². The van der Waals surface area contributed by atoms with Crippen molar-refractivity contribution in [3.8, 4) is 11.6 Å². The van der Waals surface area contributed by atoms with E-state index in [0.29, 0.717) is 11.6 Å². The highest BCUT2D eigenvalue weighted by Gasteiger charge is 2.42. The fourth-order valence-electron chi connectivity index (χ4n) is 2.90. The van der Waals surface area contributed by atoms with Crippen molar-refractivity contribution in [2.45, 2.75) is 44.4 Å². The summed E-state index contributed by atoms with van der Waals surface area (Å²) in [4.78, 5) is 20.4. The lowest BCUT2D eigenvalue weighted by molar-refractivity contribution is 0.0996. The van der Waals surface area contributed by atoms with Gasteiger partial charge in [0.05, 0.1) is 0 Å². The molecule has 1 aliphatic carbocycles. The van der Waals surface area contributed by atoms with Gasteiger partial charge in [0.1, 0.15) is 17.1 Å². The largest absolute Gasteiger partial charge is 0.438 e. The number of hydrogen-bond donors (Lipinski definition) is 1. The number of amides is 1. The molecule has 1 aromatic heterocycles. The van der Waals surface area contributed by atoms with E-state index in [1.807, 2.05) is 39.0 Å². The van der Waals surface area contributed by atoms with Gasteiger partial charge in [0.2, 0.25) is 5.88 Å². The molecule has 7 nitrogen and oxygen atoms in total. The molecule has 1 aromatic carbocycles. The Morgan fingerprint density at radius 1 is 1.28 bits per heavy atom. The normalized spacial score (nSPS) is 16.0. The van der Waals surface area contributed by atoms with E-state index in [0.717, 1.165) is 18.4 Å². The molecule has 0 bridgehead atoms. The van der Waals surface area contributed by atoms with E-state index in [2.05, 4.69) is 9.97 Å². The average Bonchev–Trinajstić information content (AvgIpc) is 3.40. The van der Waals surface area contributed by atoms with Gasteiger partial charge in [0.25, 0.3) is 5.91 Å². The van der Waals surface area contributed by atoms with Crippen LogP contribution in [0.5, 0.6) is 11.6 Å². The first-order valence-electron chi connectivity index (χ1n) is 9.25. The van der Waals surface area contributed by atoms with Gasteiger partial charge >= 0.3 is 0 Å². The molecule has 0 spiro atoms. The van der Waals surface area contributed by atoms with E-state index in [1.54, 1.807) is 12.1 Å². The molecule has 0 saturated heterocycles. The summed E-state index contributed by atoms with van der Waals surface area (Å²) in [5.74, 6) is 0.448. The summed E-state index contributed by atoms with van der Waals surface area (Å²) in [5, 5.41) is 1.25. The maximum absolute atomic E-state index is 11.8. The lowest BCUT2D eigenvalue weighted by Crippen LogP contribution is -2.20. The Morgan fingerprint density at radius 3 is 2.52 bits per heavy atom.